The molecule has 0 bridgehead atoms. The lowest BCUT2D eigenvalue weighted by molar-refractivity contribution is 0.157. The zero-order chi connectivity index (χ0) is 9.62. The summed E-state index contributed by atoms with van der Waals surface area (Å²) in [5.74, 6) is 0. The van der Waals surface area contributed by atoms with Gasteiger partial charge in [0.05, 0.1) is 0 Å². The van der Waals surface area contributed by atoms with Crippen molar-refractivity contribution in [3.05, 3.63) is 0 Å². The van der Waals surface area contributed by atoms with Crippen molar-refractivity contribution in [3.8, 4) is 0 Å². The normalized spacial score (nSPS) is 30.5. The average Bonchev–Trinajstić information content (AvgIpc) is 1.99. The Morgan fingerprint density at radius 1 is 0.833 bits per heavy atom. The van der Waals surface area contributed by atoms with Gasteiger partial charge in [-0.05, 0) is 29.1 Å². The molecule has 0 atom stereocenters. The highest BCUT2D eigenvalue weighted by atomic mass is 14.6. The summed E-state index contributed by atoms with van der Waals surface area (Å²) in [5, 5.41) is 0. The van der Waals surface area contributed by atoms with E-state index in [0.29, 0.717) is 16.2 Å². The molecular formula is C12H24. The van der Waals surface area contributed by atoms with Crippen LogP contribution in [0, 0.1) is 16.2 Å². The van der Waals surface area contributed by atoms with E-state index in [-0.39, 0.29) is 0 Å². The molecule has 1 aliphatic carbocycles. The molecule has 0 aromatic rings. The Kier molecular flexibility index (Phi) is 2.10. The van der Waals surface area contributed by atoms with Crippen molar-refractivity contribution in [2.45, 2.75) is 60.8 Å². The van der Waals surface area contributed by atoms with Gasteiger partial charge in [-0.25, -0.2) is 0 Å². The van der Waals surface area contributed by atoms with E-state index >= 15 is 0 Å². The zero-order valence-corrected chi connectivity index (χ0v) is 9.62. The summed E-state index contributed by atoms with van der Waals surface area (Å²) in [5.41, 5.74) is 1.66. The summed E-state index contributed by atoms with van der Waals surface area (Å²) in [6, 6.07) is 0. The van der Waals surface area contributed by atoms with Gasteiger partial charge in [-0.1, -0.05) is 48.0 Å². The molecule has 0 amide bonds. The molecule has 0 nitrogen and oxygen atoms in total. The minimum absolute atomic E-state index is 0.526. The van der Waals surface area contributed by atoms with Crippen LogP contribution < -0.4 is 0 Å². The molecule has 1 aliphatic rings. The summed E-state index contributed by atoms with van der Waals surface area (Å²) in [7, 11) is 0. The summed E-state index contributed by atoms with van der Waals surface area (Å²) >= 11 is 0. The van der Waals surface area contributed by atoms with E-state index in [9.17, 15) is 0 Å². The third-order valence-electron chi connectivity index (χ3n) is 4.42. The average molecular weight is 168 g/mol. The summed E-state index contributed by atoms with van der Waals surface area (Å²) < 4.78 is 0. The smallest absolute Gasteiger partial charge is 0.0298 e. The highest BCUT2D eigenvalue weighted by molar-refractivity contribution is 5.00. The molecule has 0 N–H and O–H groups in total. The topological polar surface area (TPSA) is 0 Å². The summed E-state index contributed by atoms with van der Waals surface area (Å²) in [6.07, 6.45) is 4.12. The number of rotatable bonds is 1. The molecule has 0 aliphatic heterocycles. The third kappa shape index (κ3) is 1.41. The van der Waals surface area contributed by atoms with E-state index in [4.69, 9.17) is 0 Å². The predicted molar refractivity (Wildman–Crippen MR) is 55.2 cm³/mol. The van der Waals surface area contributed by atoms with Gasteiger partial charge in [0.1, 0.15) is 0 Å². The molecule has 1 fully saturated rings. The first-order chi connectivity index (χ1) is 5.22. The molecule has 0 radical (unpaired) electrons. The van der Waals surface area contributed by atoms with Crippen molar-refractivity contribution in [2.75, 3.05) is 0 Å². The van der Waals surface area contributed by atoms with Crippen molar-refractivity contribution in [3.63, 3.8) is 0 Å². The quantitative estimate of drug-likeness (QED) is 0.549. The van der Waals surface area contributed by atoms with Crippen LogP contribution in [0.4, 0.5) is 0 Å². The van der Waals surface area contributed by atoms with Gasteiger partial charge < -0.3 is 0 Å². The zero-order valence-electron chi connectivity index (χ0n) is 9.62. The molecule has 0 spiro atoms. The van der Waals surface area contributed by atoms with Gasteiger partial charge in [0, 0.05) is 0 Å². The molecule has 0 aromatic carbocycles. The summed E-state index contributed by atoms with van der Waals surface area (Å²) in [4.78, 5) is 0. The second kappa shape index (κ2) is 2.49. The Labute approximate surface area is 77.7 Å². The van der Waals surface area contributed by atoms with E-state index in [1.807, 2.05) is 0 Å². The standard InChI is InChI=1S/C12H24/c1-7-12(6)8-10(2,3)11(4,5)9-12/h7-9H2,1-6H3. The van der Waals surface area contributed by atoms with E-state index < -0.39 is 0 Å². The van der Waals surface area contributed by atoms with Crippen LogP contribution in [-0.4, -0.2) is 0 Å². The van der Waals surface area contributed by atoms with E-state index in [1.54, 1.807) is 0 Å². The summed E-state index contributed by atoms with van der Waals surface area (Å²) in [6.45, 7) is 14.5. The highest BCUT2D eigenvalue weighted by Crippen LogP contribution is 2.60. The first-order valence-corrected chi connectivity index (χ1v) is 5.22. The Bertz CT molecular complexity index is 158. The van der Waals surface area contributed by atoms with E-state index in [2.05, 4.69) is 41.5 Å². The molecule has 1 saturated carbocycles. The van der Waals surface area contributed by atoms with Gasteiger partial charge in [0.25, 0.3) is 0 Å². The molecule has 1 rings (SSSR count). The first-order valence-electron chi connectivity index (χ1n) is 5.22. The molecule has 0 unspecified atom stereocenters. The molecule has 0 heteroatoms. The number of hydrogen-bond acceptors (Lipinski definition) is 0. The van der Waals surface area contributed by atoms with Crippen LogP contribution in [0.25, 0.3) is 0 Å². The van der Waals surface area contributed by atoms with Gasteiger partial charge in [0.15, 0.2) is 0 Å². The Balaban J connectivity index is 2.88. The minimum Gasteiger partial charge on any atom is -0.0649 e. The van der Waals surface area contributed by atoms with Crippen molar-refractivity contribution >= 4 is 0 Å². The van der Waals surface area contributed by atoms with Crippen LogP contribution in [0.5, 0.6) is 0 Å². The van der Waals surface area contributed by atoms with Crippen LogP contribution in [0.3, 0.4) is 0 Å². The van der Waals surface area contributed by atoms with Crippen LogP contribution >= 0.6 is 0 Å². The monoisotopic (exact) mass is 168 g/mol. The molecule has 0 aromatic heterocycles. The lowest BCUT2D eigenvalue weighted by atomic mass is 9.71. The maximum atomic E-state index is 2.45. The Morgan fingerprint density at radius 3 is 1.33 bits per heavy atom. The second-order valence-electron chi connectivity index (χ2n) is 6.29. The van der Waals surface area contributed by atoms with Crippen molar-refractivity contribution in [2.24, 2.45) is 16.2 Å². The van der Waals surface area contributed by atoms with Crippen LogP contribution in [0.2, 0.25) is 0 Å². The molecule has 0 saturated heterocycles. The Morgan fingerprint density at radius 2 is 1.17 bits per heavy atom. The van der Waals surface area contributed by atoms with Crippen molar-refractivity contribution < 1.29 is 0 Å². The lowest BCUT2D eigenvalue weighted by Gasteiger charge is -2.34. The molecule has 72 valence electrons. The SMILES string of the molecule is CCC1(C)CC(C)(C)C(C)(C)C1. The van der Waals surface area contributed by atoms with Crippen molar-refractivity contribution in [1.82, 2.24) is 0 Å². The van der Waals surface area contributed by atoms with E-state index in [0.717, 1.165) is 0 Å². The van der Waals surface area contributed by atoms with Gasteiger partial charge in [-0.15, -0.1) is 0 Å². The largest absolute Gasteiger partial charge is 0.0649 e. The first kappa shape index (κ1) is 10.1. The van der Waals surface area contributed by atoms with Crippen LogP contribution in [0.15, 0.2) is 0 Å². The minimum atomic E-state index is 0.526. The van der Waals surface area contributed by atoms with Crippen LogP contribution in [0.1, 0.15) is 60.8 Å². The van der Waals surface area contributed by atoms with Gasteiger partial charge in [-0.3, -0.25) is 0 Å². The fourth-order valence-electron chi connectivity index (χ4n) is 2.92. The Hall–Kier alpha value is 0. The third-order valence-corrected chi connectivity index (χ3v) is 4.42. The maximum absolute atomic E-state index is 2.45. The fraction of sp³-hybridized carbons (Fsp3) is 1.00. The molecule has 0 heterocycles. The highest BCUT2D eigenvalue weighted by Gasteiger charge is 2.50. The fourth-order valence-corrected chi connectivity index (χ4v) is 2.92. The lowest BCUT2D eigenvalue weighted by Crippen LogP contribution is -2.25. The van der Waals surface area contributed by atoms with Crippen LogP contribution in [-0.2, 0) is 0 Å². The van der Waals surface area contributed by atoms with Crippen molar-refractivity contribution in [1.29, 1.82) is 0 Å². The number of hydrogen-bond donors (Lipinski definition) is 0. The molecule has 12 heavy (non-hydrogen) atoms. The predicted octanol–water partition coefficient (Wildman–Crippen LogP) is 4.25. The van der Waals surface area contributed by atoms with Gasteiger partial charge in [0.2, 0.25) is 0 Å². The maximum Gasteiger partial charge on any atom is -0.0298 e. The van der Waals surface area contributed by atoms with E-state index in [1.165, 1.54) is 19.3 Å². The van der Waals surface area contributed by atoms with Gasteiger partial charge in [-0.2, -0.15) is 0 Å². The van der Waals surface area contributed by atoms with Gasteiger partial charge >= 0.3 is 0 Å². The second-order valence-corrected chi connectivity index (χ2v) is 6.29. The molecular weight excluding hydrogens is 144 g/mol.